The van der Waals surface area contributed by atoms with Gasteiger partial charge in [-0.05, 0) is 12.0 Å². The SMILES string of the molecule is CC[C@H](C)[C@H](Nc1ccc([N+](=O)[O-])cn1)C(=O)O. The highest BCUT2D eigenvalue weighted by atomic mass is 16.6. The molecule has 0 amide bonds. The molecule has 1 rings (SSSR count). The molecule has 0 spiro atoms. The average molecular weight is 253 g/mol. The molecule has 0 aliphatic heterocycles. The molecule has 2 N–H and O–H groups in total. The number of aliphatic carboxylic acids is 1. The fraction of sp³-hybridized carbons (Fsp3) is 0.455. The van der Waals surface area contributed by atoms with Crippen LogP contribution in [-0.2, 0) is 4.79 Å². The largest absolute Gasteiger partial charge is 0.480 e. The van der Waals surface area contributed by atoms with Crippen molar-refractivity contribution in [2.24, 2.45) is 5.92 Å². The van der Waals surface area contributed by atoms with Crippen LogP contribution in [0, 0.1) is 16.0 Å². The molecular weight excluding hydrogens is 238 g/mol. The molecule has 0 aliphatic rings. The Morgan fingerprint density at radius 1 is 1.61 bits per heavy atom. The summed E-state index contributed by atoms with van der Waals surface area (Å²) in [6, 6.07) is 1.92. The van der Waals surface area contributed by atoms with Gasteiger partial charge in [-0.1, -0.05) is 20.3 Å². The number of nitrogens with one attached hydrogen (secondary N) is 1. The molecule has 18 heavy (non-hydrogen) atoms. The maximum absolute atomic E-state index is 11.1. The van der Waals surface area contributed by atoms with Gasteiger partial charge in [0.25, 0.3) is 5.69 Å². The van der Waals surface area contributed by atoms with Gasteiger partial charge in [-0.15, -0.1) is 0 Å². The number of carboxylic acid groups (broad SMARTS) is 1. The molecule has 98 valence electrons. The summed E-state index contributed by atoms with van der Waals surface area (Å²) in [6.45, 7) is 3.71. The van der Waals surface area contributed by atoms with Gasteiger partial charge in [-0.2, -0.15) is 0 Å². The highest BCUT2D eigenvalue weighted by Gasteiger charge is 2.23. The molecule has 0 unspecified atom stereocenters. The van der Waals surface area contributed by atoms with Crippen LogP contribution in [0.5, 0.6) is 0 Å². The normalized spacial score (nSPS) is 13.7. The first kappa shape index (κ1) is 13.9. The summed E-state index contributed by atoms with van der Waals surface area (Å²) in [4.78, 5) is 24.8. The van der Waals surface area contributed by atoms with Crippen molar-refractivity contribution in [3.8, 4) is 0 Å². The van der Waals surface area contributed by atoms with Crippen LogP contribution in [0.4, 0.5) is 11.5 Å². The second kappa shape index (κ2) is 5.95. The van der Waals surface area contributed by atoms with Crippen LogP contribution in [0.25, 0.3) is 0 Å². The lowest BCUT2D eigenvalue weighted by molar-refractivity contribution is -0.385. The van der Waals surface area contributed by atoms with Gasteiger partial charge in [0.05, 0.1) is 4.92 Å². The number of nitrogens with zero attached hydrogens (tertiary/aromatic N) is 2. The predicted octanol–water partition coefficient (Wildman–Crippen LogP) is 1.90. The third-order valence-corrected chi connectivity index (χ3v) is 2.74. The van der Waals surface area contributed by atoms with E-state index in [0.717, 1.165) is 6.20 Å². The van der Waals surface area contributed by atoms with Crippen molar-refractivity contribution in [3.05, 3.63) is 28.4 Å². The van der Waals surface area contributed by atoms with E-state index in [1.807, 2.05) is 13.8 Å². The molecule has 0 saturated carbocycles. The van der Waals surface area contributed by atoms with Crippen LogP contribution in [0.1, 0.15) is 20.3 Å². The maximum atomic E-state index is 11.1. The van der Waals surface area contributed by atoms with Gasteiger partial charge in [-0.3, -0.25) is 10.1 Å². The number of carbonyl (C=O) groups is 1. The van der Waals surface area contributed by atoms with Crippen molar-refractivity contribution in [1.82, 2.24) is 4.98 Å². The minimum absolute atomic E-state index is 0.0699. The second-order valence-electron chi connectivity index (χ2n) is 4.00. The number of nitro groups is 1. The molecule has 0 bridgehead atoms. The monoisotopic (exact) mass is 253 g/mol. The molecule has 1 aromatic heterocycles. The van der Waals surface area contributed by atoms with Crippen LogP contribution in [0.2, 0.25) is 0 Å². The van der Waals surface area contributed by atoms with E-state index < -0.39 is 16.9 Å². The fourth-order valence-electron chi connectivity index (χ4n) is 1.42. The molecule has 0 aliphatic carbocycles. The summed E-state index contributed by atoms with van der Waals surface area (Å²) in [7, 11) is 0. The Balaban J connectivity index is 2.81. The summed E-state index contributed by atoms with van der Waals surface area (Å²) in [5.74, 6) is -0.725. The zero-order valence-electron chi connectivity index (χ0n) is 10.2. The second-order valence-corrected chi connectivity index (χ2v) is 4.00. The molecule has 0 radical (unpaired) electrons. The van der Waals surface area contributed by atoms with Crippen LogP contribution in [0.15, 0.2) is 18.3 Å². The molecule has 0 fully saturated rings. The molecule has 2 atom stereocenters. The van der Waals surface area contributed by atoms with E-state index in [9.17, 15) is 14.9 Å². The van der Waals surface area contributed by atoms with Crippen molar-refractivity contribution in [2.75, 3.05) is 5.32 Å². The zero-order chi connectivity index (χ0) is 13.7. The van der Waals surface area contributed by atoms with Gasteiger partial charge in [0, 0.05) is 6.07 Å². The highest BCUT2D eigenvalue weighted by Crippen LogP contribution is 2.16. The van der Waals surface area contributed by atoms with Gasteiger partial charge in [0.1, 0.15) is 18.1 Å². The summed E-state index contributed by atoms with van der Waals surface area (Å²) < 4.78 is 0. The molecular formula is C11H15N3O4. The first-order chi connectivity index (χ1) is 8.45. The third kappa shape index (κ3) is 3.41. The van der Waals surface area contributed by atoms with Crippen molar-refractivity contribution in [2.45, 2.75) is 26.3 Å². The lowest BCUT2D eigenvalue weighted by atomic mass is 9.99. The molecule has 1 heterocycles. The Hall–Kier alpha value is -2.18. The van der Waals surface area contributed by atoms with E-state index in [2.05, 4.69) is 10.3 Å². The quantitative estimate of drug-likeness (QED) is 0.592. The molecule has 7 heteroatoms. The summed E-state index contributed by atoms with van der Waals surface area (Å²) >= 11 is 0. The van der Waals surface area contributed by atoms with Crippen LogP contribution < -0.4 is 5.32 Å². The van der Waals surface area contributed by atoms with Gasteiger partial charge >= 0.3 is 5.97 Å². The third-order valence-electron chi connectivity index (χ3n) is 2.74. The van der Waals surface area contributed by atoms with Gasteiger partial charge < -0.3 is 10.4 Å². The van der Waals surface area contributed by atoms with E-state index in [1.54, 1.807) is 0 Å². The van der Waals surface area contributed by atoms with Crippen molar-refractivity contribution >= 4 is 17.5 Å². The lowest BCUT2D eigenvalue weighted by Crippen LogP contribution is -2.35. The summed E-state index contributed by atoms with van der Waals surface area (Å²) in [5.41, 5.74) is -0.129. The van der Waals surface area contributed by atoms with Crippen molar-refractivity contribution < 1.29 is 14.8 Å². The summed E-state index contributed by atoms with van der Waals surface area (Å²) in [5, 5.41) is 22.3. The Morgan fingerprint density at radius 2 is 2.28 bits per heavy atom. The van der Waals surface area contributed by atoms with Crippen LogP contribution >= 0.6 is 0 Å². The van der Waals surface area contributed by atoms with E-state index >= 15 is 0 Å². The maximum Gasteiger partial charge on any atom is 0.326 e. The number of hydrogen-bond donors (Lipinski definition) is 2. The number of anilines is 1. The van der Waals surface area contributed by atoms with Gasteiger partial charge in [-0.25, -0.2) is 9.78 Å². The van der Waals surface area contributed by atoms with Crippen LogP contribution in [0.3, 0.4) is 0 Å². The van der Waals surface area contributed by atoms with E-state index in [1.165, 1.54) is 12.1 Å². The van der Waals surface area contributed by atoms with E-state index in [4.69, 9.17) is 5.11 Å². The van der Waals surface area contributed by atoms with Crippen LogP contribution in [-0.4, -0.2) is 27.0 Å². The molecule has 7 nitrogen and oxygen atoms in total. The number of aromatic nitrogens is 1. The molecule has 0 saturated heterocycles. The standard InChI is InChI=1S/C11H15N3O4/c1-3-7(2)10(11(15)16)13-9-5-4-8(6-12-9)14(17)18/h4-7,10H,3H2,1-2H3,(H,12,13)(H,15,16)/t7-,10-/m0/s1. The van der Waals surface area contributed by atoms with E-state index in [0.29, 0.717) is 12.2 Å². The molecule has 1 aromatic rings. The first-order valence-electron chi connectivity index (χ1n) is 5.55. The molecule has 0 aromatic carbocycles. The van der Waals surface area contributed by atoms with Crippen molar-refractivity contribution in [3.63, 3.8) is 0 Å². The highest BCUT2D eigenvalue weighted by molar-refractivity contribution is 5.77. The van der Waals surface area contributed by atoms with Gasteiger partial charge in [0.2, 0.25) is 0 Å². The smallest absolute Gasteiger partial charge is 0.326 e. The minimum atomic E-state index is -0.968. The van der Waals surface area contributed by atoms with E-state index in [-0.39, 0.29) is 11.6 Å². The number of rotatable bonds is 6. The number of hydrogen-bond acceptors (Lipinski definition) is 5. The Kier molecular flexibility index (Phi) is 4.59. The predicted molar refractivity (Wildman–Crippen MR) is 65.4 cm³/mol. The minimum Gasteiger partial charge on any atom is -0.480 e. The number of pyridine rings is 1. The zero-order valence-corrected chi connectivity index (χ0v) is 10.2. The fourth-order valence-corrected chi connectivity index (χ4v) is 1.42. The number of carboxylic acids is 1. The Morgan fingerprint density at radius 3 is 2.67 bits per heavy atom. The summed E-state index contributed by atoms with van der Waals surface area (Å²) in [6.07, 6.45) is 1.80. The van der Waals surface area contributed by atoms with Gasteiger partial charge in [0.15, 0.2) is 0 Å². The average Bonchev–Trinajstić information content (AvgIpc) is 2.35. The topological polar surface area (TPSA) is 105 Å². The lowest BCUT2D eigenvalue weighted by Gasteiger charge is -2.20. The van der Waals surface area contributed by atoms with Crippen molar-refractivity contribution in [1.29, 1.82) is 0 Å². The Bertz CT molecular complexity index is 432. The first-order valence-corrected chi connectivity index (χ1v) is 5.55. The Labute approximate surface area is 104 Å².